The van der Waals surface area contributed by atoms with Crippen LogP contribution in [0.3, 0.4) is 0 Å². The molecule has 0 aliphatic carbocycles. The molecule has 0 bridgehead atoms. The number of rotatable bonds is 6. The number of carbonyl (C=O) groups is 1. The zero-order valence-corrected chi connectivity index (χ0v) is 16.3. The minimum atomic E-state index is -0.769. The molecule has 4 rings (SSSR count). The van der Waals surface area contributed by atoms with Gasteiger partial charge in [-0.2, -0.15) is 5.10 Å². The molecule has 6 nitrogen and oxygen atoms in total. The lowest BCUT2D eigenvalue weighted by Gasteiger charge is -2.25. The first-order valence-corrected chi connectivity index (χ1v) is 9.83. The van der Waals surface area contributed by atoms with E-state index >= 15 is 0 Å². The molecule has 0 spiro atoms. The van der Waals surface area contributed by atoms with Gasteiger partial charge < -0.3 is 0 Å². The molecule has 1 aromatic carbocycles. The quantitative estimate of drug-likeness (QED) is 0.369. The number of amides is 1. The third-order valence-corrected chi connectivity index (χ3v) is 5.51. The van der Waals surface area contributed by atoms with Crippen LogP contribution in [0.4, 0.5) is 8.78 Å². The van der Waals surface area contributed by atoms with E-state index in [2.05, 4.69) is 10.00 Å². The predicted octanol–water partition coefficient (Wildman–Crippen LogP) is 3.51. The van der Waals surface area contributed by atoms with Crippen LogP contribution in [0.5, 0.6) is 0 Å². The summed E-state index contributed by atoms with van der Waals surface area (Å²) < 4.78 is 31.4. The van der Waals surface area contributed by atoms with Crippen LogP contribution in [-0.4, -0.2) is 38.7 Å². The van der Waals surface area contributed by atoms with E-state index in [1.54, 1.807) is 0 Å². The molecule has 0 radical (unpaired) electrons. The molecule has 2 N–H and O–H groups in total. The maximum atomic E-state index is 14.8. The first kappa shape index (κ1) is 20.2. The lowest BCUT2D eigenvalue weighted by molar-refractivity contribution is -0.124. The van der Waals surface area contributed by atoms with E-state index in [4.69, 9.17) is 5.21 Å². The lowest BCUT2D eigenvalue weighted by atomic mass is 10.0. The fourth-order valence-electron chi connectivity index (χ4n) is 4.09. The Kier molecular flexibility index (Phi) is 5.87. The van der Waals surface area contributed by atoms with E-state index in [1.807, 2.05) is 35.1 Å². The Balaban J connectivity index is 1.51. The Morgan fingerprint density at radius 1 is 1.30 bits per heavy atom. The summed E-state index contributed by atoms with van der Waals surface area (Å²) in [6, 6.07) is 7.98. The normalized spacial score (nSPS) is 17.2. The van der Waals surface area contributed by atoms with Gasteiger partial charge >= 0.3 is 0 Å². The Hall–Kier alpha value is -3.10. The molecule has 1 amide bonds. The molecular formula is C22H22F2N4O2. The summed E-state index contributed by atoms with van der Waals surface area (Å²) in [6.07, 6.45) is 8.28. The van der Waals surface area contributed by atoms with Crippen molar-refractivity contribution >= 4 is 17.5 Å². The lowest BCUT2D eigenvalue weighted by Crippen LogP contribution is -2.27. The standard InChI is InChI=1S/C22H22F2N4O2/c23-17-12-15(6-7-21(29)26-30)13-18(24)22(17)20-5-3-9-27(20)11-8-16-14-25-28-10-2-1-4-19(16)28/h1-2,4,6-7,10,12-14,20,30H,3,5,8-9,11H2,(H,26,29)/t20-/m0/s1. The fraction of sp³-hybridized carbons (Fsp3) is 0.273. The van der Waals surface area contributed by atoms with Gasteiger partial charge in [-0.15, -0.1) is 0 Å². The maximum absolute atomic E-state index is 14.8. The highest BCUT2D eigenvalue weighted by atomic mass is 19.1. The van der Waals surface area contributed by atoms with Crippen molar-refractivity contribution in [1.82, 2.24) is 20.0 Å². The van der Waals surface area contributed by atoms with Gasteiger partial charge in [0.15, 0.2) is 0 Å². The zero-order valence-electron chi connectivity index (χ0n) is 16.3. The van der Waals surface area contributed by atoms with E-state index < -0.39 is 17.5 Å². The largest absolute Gasteiger partial charge is 0.296 e. The molecule has 0 saturated carbocycles. The predicted molar refractivity (Wildman–Crippen MR) is 108 cm³/mol. The van der Waals surface area contributed by atoms with Gasteiger partial charge in [0, 0.05) is 30.4 Å². The summed E-state index contributed by atoms with van der Waals surface area (Å²) in [5.41, 5.74) is 3.86. The fourth-order valence-corrected chi connectivity index (χ4v) is 4.09. The number of fused-ring (bicyclic) bond motifs is 1. The monoisotopic (exact) mass is 412 g/mol. The first-order valence-electron chi connectivity index (χ1n) is 9.83. The number of likely N-dealkylation sites (tertiary alicyclic amines) is 1. The molecule has 3 heterocycles. The molecule has 2 aromatic heterocycles. The number of nitrogens with one attached hydrogen (secondary N) is 1. The highest BCUT2D eigenvalue weighted by Crippen LogP contribution is 2.35. The molecule has 156 valence electrons. The molecule has 0 unspecified atom stereocenters. The number of hydroxylamine groups is 1. The number of nitrogens with zero attached hydrogens (tertiary/aromatic N) is 3. The van der Waals surface area contributed by atoms with Gasteiger partial charge in [-0.3, -0.25) is 14.9 Å². The molecule has 1 fully saturated rings. The summed E-state index contributed by atoms with van der Waals surface area (Å²) in [4.78, 5) is 13.2. The van der Waals surface area contributed by atoms with Gasteiger partial charge in [0.2, 0.25) is 0 Å². The summed E-state index contributed by atoms with van der Waals surface area (Å²) in [7, 11) is 0. The Bertz CT molecular complexity index is 1070. The van der Waals surface area contributed by atoms with Crippen molar-refractivity contribution in [3.63, 3.8) is 0 Å². The van der Waals surface area contributed by atoms with Crippen LogP contribution in [-0.2, 0) is 11.2 Å². The number of pyridine rings is 1. The van der Waals surface area contributed by atoms with Gasteiger partial charge in [0.05, 0.1) is 11.7 Å². The van der Waals surface area contributed by atoms with Crippen LogP contribution < -0.4 is 5.48 Å². The van der Waals surface area contributed by atoms with Crippen LogP contribution in [0, 0.1) is 11.6 Å². The molecule has 1 saturated heterocycles. The molecule has 3 aromatic rings. The third-order valence-electron chi connectivity index (χ3n) is 5.51. The summed E-state index contributed by atoms with van der Waals surface area (Å²) in [6.45, 7) is 1.46. The second kappa shape index (κ2) is 8.73. The highest BCUT2D eigenvalue weighted by Gasteiger charge is 2.30. The molecule has 1 atom stereocenters. The SMILES string of the molecule is O=C(C=Cc1cc(F)c([C@@H]2CCCN2CCc2cnn3ccccc23)c(F)c1)NO. The van der Waals surface area contributed by atoms with Gasteiger partial charge in [-0.05, 0) is 67.3 Å². The molecular weight excluding hydrogens is 390 g/mol. The van der Waals surface area contributed by atoms with Crippen molar-refractivity contribution in [3.05, 3.63) is 77.1 Å². The third kappa shape index (κ3) is 4.10. The van der Waals surface area contributed by atoms with E-state index in [0.29, 0.717) is 13.0 Å². The Morgan fingerprint density at radius 3 is 2.87 bits per heavy atom. The van der Waals surface area contributed by atoms with Gasteiger partial charge in [0.1, 0.15) is 11.6 Å². The Labute approximate surface area is 172 Å². The second-order valence-electron chi connectivity index (χ2n) is 7.35. The van der Waals surface area contributed by atoms with Gasteiger partial charge in [-0.1, -0.05) is 6.07 Å². The topological polar surface area (TPSA) is 69.9 Å². The smallest absolute Gasteiger partial charge is 0.267 e. The van der Waals surface area contributed by atoms with Crippen molar-refractivity contribution < 1.29 is 18.8 Å². The minimum Gasteiger partial charge on any atom is -0.296 e. The van der Waals surface area contributed by atoms with Gasteiger partial charge in [-0.25, -0.2) is 18.8 Å². The minimum absolute atomic E-state index is 0.0659. The second-order valence-corrected chi connectivity index (χ2v) is 7.35. The molecule has 8 heteroatoms. The number of hydrogen-bond acceptors (Lipinski definition) is 4. The number of halogens is 2. The van der Waals surface area contributed by atoms with Crippen LogP contribution >= 0.6 is 0 Å². The average molecular weight is 412 g/mol. The average Bonchev–Trinajstić information content (AvgIpc) is 3.37. The van der Waals surface area contributed by atoms with Crippen LogP contribution in [0.1, 0.15) is 35.6 Å². The molecule has 30 heavy (non-hydrogen) atoms. The number of carbonyl (C=O) groups excluding carboxylic acids is 1. The van der Waals surface area contributed by atoms with E-state index in [-0.39, 0.29) is 17.2 Å². The zero-order chi connectivity index (χ0) is 21.1. The molecule has 1 aliphatic rings. The summed E-state index contributed by atoms with van der Waals surface area (Å²) >= 11 is 0. The molecule has 1 aliphatic heterocycles. The Morgan fingerprint density at radius 2 is 2.10 bits per heavy atom. The first-order chi connectivity index (χ1) is 14.6. The van der Waals surface area contributed by atoms with Crippen LogP contribution in [0.15, 0.2) is 48.8 Å². The number of aromatic nitrogens is 2. The van der Waals surface area contributed by atoms with Crippen molar-refractivity contribution in [3.8, 4) is 0 Å². The number of benzene rings is 1. The number of hydrogen-bond donors (Lipinski definition) is 2. The van der Waals surface area contributed by atoms with Crippen LogP contribution in [0.2, 0.25) is 0 Å². The van der Waals surface area contributed by atoms with Crippen molar-refractivity contribution in [2.75, 3.05) is 13.1 Å². The van der Waals surface area contributed by atoms with Crippen molar-refractivity contribution in [2.24, 2.45) is 0 Å². The summed E-state index contributed by atoms with van der Waals surface area (Å²) in [5.74, 6) is -2.03. The maximum Gasteiger partial charge on any atom is 0.267 e. The summed E-state index contributed by atoms with van der Waals surface area (Å²) in [5, 5.41) is 12.8. The van der Waals surface area contributed by atoms with Crippen molar-refractivity contribution in [2.45, 2.75) is 25.3 Å². The van der Waals surface area contributed by atoms with Crippen molar-refractivity contribution in [1.29, 1.82) is 0 Å². The van der Waals surface area contributed by atoms with Gasteiger partial charge in [0.25, 0.3) is 5.91 Å². The van der Waals surface area contributed by atoms with Crippen LogP contribution in [0.25, 0.3) is 11.6 Å². The van der Waals surface area contributed by atoms with E-state index in [9.17, 15) is 13.6 Å². The van der Waals surface area contributed by atoms with E-state index in [1.165, 1.54) is 23.7 Å². The van der Waals surface area contributed by atoms with E-state index in [0.717, 1.165) is 36.5 Å². The highest BCUT2D eigenvalue weighted by molar-refractivity contribution is 5.90.